The van der Waals surface area contributed by atoms with E-state index < -0.39 is 0 Å². The van der Waals surface area contributed by atoms with Crippen molar-refractivity contribution in [1.82, 2.24) is 15.6 Å². The molecule has 116 valence electrons. The first-order valence-corrected chi connectivity index (χ1v) is 7.55. The van der Waals surface area contributed by atoms with E-state index >= 15 is 0 Å². The lowest BCUT2D eigenvalue weighted by atomic mass is 10.1. The Bertz CT molecular complexity index is 395. The number of thiazole rings is 1. The summed E-state index contributed by atoms with van der Waals surface area (Å²) in [5.41, 5.74) is 0. The number of aryl methyl sites for hydroxylation is 1. The Morgan fingerprint density at radius 2 is 2.35 bits per heavy atom. The van der Waals surface area contributed by atoms with Crippen LogP contribution in [0.5, 0.6) is 0 Å². The van der Waals surface area contributed by atoms with Gasteiger partial charge in [-0.1, -0.05) is 6.92 Å². The molecule has 1 aromatic rings. The fraction of sp³-hybridized carbons (Fsp3) is 0.692. The van der Waals surface area contributed by atoms with Crippen LogP contribution in [-0.4, -0.2) is 30.5 Å². The van der Waals surface area contributed by atoms with Gasteiger partial charge in [0.15, 0.2) is 0 Å². The average molecular weight is 340 g/mol. The molecule has 1 aliphatic rings. The molecule has 1 atom stereocenters. The van der Waals surface area contributed by atoms with Crippen LogP contribution in [0.4, 0.5) is 0 Å². The van der Waals surface area contributed by atoms with E-state index in [4.69, 9.17) is 0 Å². The van der Waals surface area contributed by atoms with Crippen LogP contribution in [0.15, 0.2) is 6.20 Å². The summed E-state index contributed by atoms with van der Waals surface area (Å²) < 4.78 is 0. The number of halogens is 2. The Morgan fingerprint density at radius 3 is 3.00 bits per heavy atom. The highest BCUT2D eigenvalue weighted by atomic mass is 35.5. The predicted molar refractivity (Wildman–Crippen MR) is 88.5 cm³/mol. The quantitative estimate of drug-likeness (QED) is 0.837. The summed E-state index contributed by atoms with van der Waals surface area (Å²) in [7, 11) is 0. The Morgan fingerprint density at radius 1 is 1.55 bits per heavy atom. The molecule has 1 fully saturated rings. The monoisotopic (exact) mass is 339 g/mol. The van der Waals surface area contributed by atoms with Crippen molar-refractivity contribution in [1.29, 1.82) is 0 Å². The molecular formula is C13H23Cl2N3OS. The molecule has 0 saturated carbocycles. The first-order chi connectivity index (χ1) is 8.79. The number of aromatic nitrogens is 1. The van der Waals surface area contributed by atoms with E-state index in [0.29, 0.717) is 0 Å². The molecule has 0 bridgehead atoms. The number of nitrogens with one attached hydrogen (secondary N) is 2. The van der Waals surface area contributed by atoms with Crippen molar-refractivity contribution in [2.24, 2.45) is 5.92 Å². The van der Waals surface area contributed by atoms with Gasteiger partial charge in [0.2, 0.25) is 0 Å². The number of nitrogens with zero attached hydrogens (tertiary/aromatic N) is 1. The summed E-state index contributed by atoms with van der Waals surface area (Å²) in [6, 6.07) is 0. The van der Waals surface area contributed by atoms with Gasteiger partial charge in [-0.05, 0) is 44.7 Å². The minimum Gasteiger partial charge on any atom is -0.351 e. The van der Waals surface area contributed by atoms with Crippen LogP contribution >= 0.6 is 36.2 Å². The summed E-state index contributed by atoms with van der Waals surface area (Å²) >= 11 is 1.51. The number of rotatable bonds is 6. The highest BCUT2D eigenvalue weighted by Gasteiger charge is 2.15. The SMILES string of the molecule is CCCc1ncc(C(=O)NCCC2CCNC2)s1.Cl.Cl. The van der Waals surface area contributed by atoms with E-state index in [2.05, 4.69) is 22.5 Å². The van der Waals surface area contributed by atoms with Crippen LogP contribution in [0.25, 0.3) is 0 Å². The van der Waals surface area contributed by atoms with Crippen LogP contribution < -0.4 is 10.6 Å². The van der Waals surface area contributed by atoms with Gasteiger partial charge in [-0.2, -0.15) is 0 Å². The van der Waals surface area contributed by atoms with Gasteiger partial charge in [-0.3, -0.25) is 4.79 Å². The summed E-state index contributed by atoms with van der Waals surface area (Å²) in [5, 5.41) is 7.38. The summed E-state index contributed by atoms with van der Waals surface area (Å²) in [6.45, 7) is 5.11. The fourth-order valence-electron chi connectivity index (χ4n) is 2.18. The second kappa shape index (κ2) is 10.4. The van der Waals surface area contributed by atoms with E-state index in [1.165, 1.54) is 17.8 Å². The average Bonchev–Trinajstić information content (AvgIpc) is 3.00. The van der Waals surface area contributed by atoms with Crippen LogP contribution in [0.3, 0.4) is 0 Å². The molecule has 1 aromatic heterocycles. The van der Waals surface area contributed by atoms with E-state index in [0.717, 1.165) is 54.7 Å². The number of hydrogen-bond acceptors (Lipinski definition) is 4. The largest absolute Gasteiger partial charge is 0.351 e. The maximum absolute atomic E-state index is 11.9. The highest BCUT2D eigenvalue weighted by molar-refractivity contribution is 7.13. The van der Waals surface area contributed by atoms with E-state index in [1.54, 1.807) is 6.20 Å². The summed E-state index contributed by atoms with van der Waals surface area (Å²) in [4.78, 5) is 16.9. The fourth-order valence-corrected chi connectivity index (χ4v) is 3.12. The zero-order valence-electron chi connectivity index (χ0n) is 11.7. The molecule has 1 unspecified atom stereocenters. The smallest absolute Gasteiger partial charge is 0.263 e. The highest BCUT2D eigenvalue weighted by Crippen LogP contribution is 2.15. The third-order valence-corrected chi connectivity index (χ3v) is 4.30. The molecule has 1 aliphatic heterocycles. The zero-order valence-corrected chi connectivity index (χ0v) is 14.1. The molecule has 4 nitrogen and oxygen atoms in total. The van der Waals surface area contributed by atoms with Crippen LogP contribution in [-0.2, 0) is 6.42 Å². The van der Waals surface area contributed by atoms with Gasteiger partial charge in [-0.25, -0.2) is 4.98 Å². The Labute approximate surface area is 137 Å². The summed E-state index contributed by atoms with van der Waals surface area (Å²) in [5.74, 6) is 0.753. The third kappa shape index (κ3) is 5.95. The molecule has 0 spiro atoms. The molecule has 7 heteroatoms. The predicted octanol–water partition coefficient (Wildman–Crippen LogP) is 2.67. The molecule has 20 heavy (non-hydrogen) atoms. The van der Waals surface area contributed by atoms with Gasteiger partial charge in [0.05, 0.1) is 11.2 Å². The van der Waals surface area contributed by atoms with Gasteiger partial charge >= 0.3 is 0 Å². The van der Waals surface area contributed by atoms with Gasteiger partial charge in [-0.15, -0.1) is 36.2 Å². The third-order valence-electron chi connectivity index (χ3n) is 3.24. The van der Waals surface area contributed by atoms with Gasteiger partial charge in [0.1, 0.15) is 4.88 Å². The van der Waals surface area contributed by atoms with Gasteiger partial charge in [0, 0.05) is 6.54 Å². The lowest BCUT2D eigenvalue weighted by Crippen LogP contribution is -2.25. The standard InChI is InChI=1S/C13H21N3OS.2ClH/c1-2-3-12-16-9-11(18-12)13(17)15-7-5-10-4-6-14-8-10;;/h9-10,14H,2-8H2,1H3,(H,15,17);2*1H. The molecule has 1 amide bonds. The molecular weight excluding hydrogens is 317 g/mol. The summed E-state index contributed by atoms with van der Waals surface area (Å²) in [6.07, 6.45) is 6.04. The molecule has 2 N–H and O–H groups in total. The molecule has 1 saturated heterocycles. The maximum atomic E-state index is 11.9. The van der Waals surface area contributed by atoms with Crippen molar-refractivity contribution >= 4 is 42.1 Å². The van der Waals surface area contributed by atoms with E-state index in [-0.39, 0.29) is 30.7 Å². The van der Waals surface area contributed by atoms with Crippen molar-refractivity contribution < 1.29 is 4.79 Å². The molecule has 0 aromatic carbocycles. The van der Waals surface area contributed by atoms with Crippen molar-refractivity contribution in [3.63, 3.8) is 0 Å². The van der Waals surface area contributed by atoms with Crippen molar-refractivity contribution in [3.8, 4) is 0 Å². The Balaban J connectivity index is 0.00000180. The lowest BCUT2D eigenvalue weighted by Gasteiger charge is -2.08. The van der Waals surface area contributed by atoms with Gasteiger partial charge < -0.3 is 10.6 Å². The minimum absolute atomic E-state index is 0. The van der Waals surface area contributed by atoms with E-state index in [9.17, 15) is 4.79 Å². The molecule has 0 radical (unpaired) electrons. The van der Waals surface area contributed by atoms with Crippen LogP contribution in [0.1, 0.15) is 40.9 Å². The molecule has 2 rings (SSSR count). The number of carbonyl (C=O) groups excluding carboxylic acids is 1. The van der Waals surface area contributed by atoms with Gasteiger partial charge in [0.25, 0.3) is 5.91 Å². The normalized spacial score (nSPS) is 17.1. The van der Waals surface area contributed by atoms with Crippen molar-refractivity contribution in [2.45, 2.75) is 32.6 Å². The maximum Gasteiger partial charge on any atom is 0.263 e. The van der Waals surface area contributed by atoms with Crippen LogP contribution in [0.2, 0.25) is 0 Å². The first-order valence-electron chi connectivity index (χ1n) is 6.73. The number of amides is 1. The van der Waals surface area contributed by atoms with Crippen molar-refractivity contribution in [2.75, 3.05) is 19.6 Å². The molecule has 2 heterocycles. The number of carbonyl (C=O) groups is 1. The second-order valence-electron chi connectivity index (χ2n) is 4.77. The topological polar surface area (TPSA) is 54.0 Å². The zero-order chi connectivity index (χ0) is 12.8. The Kier molecular flexibility index (Phi) is 10.2. The van der Waals surface area contributed by atoms with Crippen LogP contribution in [0, 0.1) is 5.92 Å². The second-order valence-corrected chi connectivity index (χ2v) is 5.89. The molecule has 0 aliphatic carbocycles. The van der Waals surface area contributed by atoms with E-state index in [1.807, 2.05) is 0 Å². The Hall–Kier alpha value is -0.360. The van der Waals surface area contributed by atoms with Crippen molar-refractivity contribution in [3.05, 3.63) is 16.1 Å². The minimum atomic E-state index is 0. The lowest BCUT2D eigenvalue weighted by molar-refractivity contribution is 0.0955. The first kappa shape index (κ1) is 19.6. The number of hydrogen-bond donors (Lipinski definition) is 2.